The number of nitrogens with zero attached hydrogens (tertiary/aromatic N) is 1. The molecule has 2 fully saturated rings. The lowest BCUT2D eigenvalue weighted by atomic mass is 9.97. The Bertz CT molecular complexity index is 937. The average Bonchev–Trinajstić information content (AvgIpc) is 2.80. The van der Waals surface area contributed by atoms with E-state index < -0.39 is 30.0 Å². The molecule has 6 atom stereocenters. The first-order valence-corrected chi connectivity index (χ1v) is 11.6. The molecule has 10 heteroatoms. The van der Waals surface area contributed by atoms with E-state index in [0.29, 0.717) is 23.1 Å². The van der Waals surface area contributed by atoms with Gasteiger partial charge < -0.3 is 30.0 Å². The number of thioether (sulfide) groups is 1. The number of hydrogen-bond donors (Lipinski definition) is 2. The van der Waals surface area contributed by atoms with E-state index in [1.807, 2.05) is 37.3 Å². The molecule has 4 rings (SSSR count). The fraction of sp³-hybridized carbons (Fsp3) is 0.455. The topological polar surface area (TPSA) is 105 Å². The van der Waals surface area contributed by atoms with Gasteiger partial charge in [0, 0.05) is 30.3 Å². The molecule has 0 radical (unpaired) electrons. The van der Waals surface area contributed by atoms with Crippen molar-refractivity contribution in [3.63, 3.8) is 0 Å². The summed E-state index contributed by atoms with van der Waals surface area (Å²) in [6.07, 6.45) is -0.350. The SMILES string of the molecule is CCNC(=O)c1ncc(Cl)cc1SC1OC2COC(c3ccccc3)OC2C(N)C1OC. The van der Waals surface area contributed by atoms with Gasteiger partial charge in [0.25, 0.3) is 5.91 Å². The molecular formula is C22H26ClN3O5S. The standard InChI is InChI=1S/C22H26ClN3O5S/c1-3-25-20(27)17-15(9-13(23)10-26-17)32-22-19(28-2)16(24)18-14(30-22)11-29-21(31-18)12-7-5-4-6-8-12/h4-10,14,16,18-19,21-22H,3,11,24H2,1-2H3,(H,25,27). The van der Waals surface area contributed by atoms with Gasteiger partial charge in [0.2, 0.25) is 0 Å². The van der Waals surface area contributed by atoms with Crippen LogP contribution in [-0.4, -0.2) is 60.9 Å². The van der Waals surface area contributed by atoms with Crippen molar-refractivity contribution in [1.29, 1.82) is 0 Å². The minimum atomic E-state index is -0.518. The predicted molar refractivity (Wildman–Crippen MR) is 121 cm³/mol. The molecule has 3 heterocycles. The third kappa shape index (κ3) is 4.94. The van der Waals surface area contributed by atoms with Gasteiger partial charge >= 0.3 is 0 Å². The highest BCUT2D eigenvalue weighted by Crippen LogP contribution is 2.40. The van der Waals surface area contributed by atoms with E-state index in [4.69, 9.17) is 36.3 Å². The third-order valence-corrected chi connectivity index (χ3v) is 6.74. The highest BCUT2D eigenvalue weighted by molar-refractivity contribution is 8.00. The number of pyridine rings is 1. The number of ether oxygens (including phenoxy) is 4. The molecule has 2 aliphatic heterocycles. The van der Waals surface area contributed by atoms with Crippen molar-refractivity contribution in [2.45, 2.75) is 47.9 Å². The van der Waals surface area contributed by atoms with Crippen molar-refractivity contribution in [3.8, 4) is 0 Å². The van der Waals surface area contributed by atoms with E-state index in [2.05, 4.69) is 10.3 Å². The third-order valence-electron chi connectivity index (χ3n) is 5.35. The zero-order chi connectivity index (χ0) is 22.7. The Kier molecular flexibility index (Phi) is 7.67. The summed E-state index contributed by atoms with van der Waals surface area (Å²) < 4.78 is 24.1. The minimum Gasteiger partial charge on any atom is -0.376 e. The van der Waals surface area contributed by atoms with Gasteiger partial charge in [0.15, 0.2) is 6.29 Å². The van der Waals surface area contributed by atoms with E-state index in [1.165, 1.54) is 18.0 Å². The van der Waals surface area contributed by atoms with Gasteiger partial charge in [-0.25, -0.2) is 4.98 Å². The predicted octanol–water partition coefficient (Wildman–Crippen LogP) is 2.76. The second-order valence-electron chi connectivity index (χ2n) is 7.47. The number of methoxy groups -OCH3 is 1. The van der Waals surface area contributed by atoms with E-state index in [0.717, 1.165) is 5.56 Å². The van der Waals surface area contributed by atoms with Crippen LogP contribution >= 0.6 is 23.4 Å². The normalized spacial score (nSPS) is 29.9. The Morgan fingerprint density at radius 1 is 1.34 bits per heavy atom. The van der Waals surface area contributed by atoms with Crippen molar-refractivity contribution in [3.05, 3.63) is 58.9 Å². The maximum absolute atomic E-state index is 12.5. The molecule has 2 aliphatic rings. The molecule has 1 aromatic carbocycles. The fourth-order valence-corrected chi connectivity index (χ4v) is 5.37. The maximum Gasteiger partial charge on any atom is 0.271 e. The number of benzene rings is 1. The van der Waals surface area contributed by atoms with Gasteiger partial charge in [0.05, 0.1) is 17.7 Å². The van der Waals surface area contributed by atoms with Crippen LogP contribution in [0.1, 0.15) is 29.3 Å². The summed E-state index contributed by atoms with van der Waals surface area (Å²) in [5, 5.41) is 3.18. The van der Waals surface area contributed by atoms with E-state index in [-0.39, 0.29) is 17.7 Å². The second kappa shape index (κ2) is 10.5. The number of rotatable bonds is 6. The molecular weight excluding hydrogens is 454 g/mol. The lowest BCUT2D eigenvalue weighted by Crippen LogP contribution is -2.64. The monoisotopic (exact) mass is 479 g/mol. The summed E-state index contributed by atoms with van der Waals surface area (Å²) in [5.74, 6) is -0.284. The number of fused-ring (bicyclic) bond motifs is 1. The van der Waals surface area contributed by atoms with E-state index in [1.54, 1.807) is 13.2 Å². The Morgan fingerprint density at radius 2 is 2.12 bits per heavy atom. The summed E-state index contributed by atoms with van der Waals surface area (Å²) >= 11 is 7.46. The van der Waals surface area contributed by atoms with Crippen LogP contribution in [0.3, 0.4) is 0 Å². The van der Waals surface area contributed by atoms with Gasteiger partial charge in [-0.05, 0) is 13.0 Å². The molecule has 1 amide bonds. The highest BCUT2D eigenvalue weighted by atomic mass is 35.5. The van der Waals surface area contributed by atoms with Crippen LogP contribution in [-0.2, 0) is 18.9 Å². The number of nitrogens with one attached hydrogen (secondary N) is 1. The Morgan fingerprint density at radius 3 is 2.84 bits per heavy atom. The number of nitrogens with two attached hydrogens (primary N) is 1. The van der Waals surface area contributed by atoms with Crippen molar-refractivity contribution >= 4 is 29.3 Å². The first-order valence-electron chi connectivity index (χ1n) is 10.4. The molecule has 0 bridgehead atoms. The molecule has 2 saturated heterocycles. The molecule has 0 saturated carbocycles. The van der Waals surface area contributed by atoms with Gasteiger partial charge in [-0.3, -0.25) is 4.79 Å². The first kappa shape index (κ1) is 23.4. The van der Waals surface area contributed by atoms with Crippen LogP contribution in [0.2, 0.25) is 5.02 Å². The maximum atomic E-state index is 12.5. The first-order chi connectivity index (χ1) is 15.5. The van der Waals surface area contributed by atoms with E-state index in [9.17, 15) is 4.79 Å². The van der Waals surface area contributed by atoms with Crippen molar-refractivity contribution in [2.75, 3.05) is 20.3 Å². The fourth-order valence-electron chi connectivity index (χ4n) is 3.82. The van der Waals surface area contributed by atoms with Crippen LogP contribution in [0, 0.1) is 0 Å². The lowest BCUT2D eigenvalue weighted by molar-refractivity contribution is -0.298. The number of halogens is 1. The molecule has 8 nitrogen and oxygen atoms in total. The van der Waals surface area contributed by atoms with Gasteiger partial charge in [-0.2, -0.15) is 0 Å². The van der Waals surface area contributed by atoms with Crippen molar-refractivity contribution in [1.82, 2.24) is 10.3 Å². The van der Waals surface area contributed by atoms with Crippen LogP contribution < -0.4 is 11.1 Å². The summed E-state index contributed by atoms with van der Waals surface area (Å²) in [6, 6.07) is 10.9. The minimum absolute atomic E-state index is 0.274. The molecule has 32 heavy (non-hydrogen) atoms. The summed E-state index contributed by atoms with van der Waals surface area (Å²) in [6.45, 7) is 2.65. The zero-order valence-electron chi connectivity index (χ0n) is 17.8. The number of aromatic nitrogens is 1. The van der Waals surface area contributed by atoms with Crippen LogP contribution in [0.25, 0.3) is 0 Å². The number of amides is 1. The number of carbonyl (C=O) groups is 1. The highest BCUT2D eigenvalue weighted by Gasteiger charge is 2.49. The van der Waals surface area contributed by atoms with E-state index >= 15 is 0 Å². The van der Waals surface area contributed by atoms with Gasteiger partial charge in [0.1, 0.15) is 29.4 Å². The van der Waals surface area contributed by atoms with Gasteiger partial charge in [-0.1, -0.05) is 53.7 Å². The van der Waals surface area contributed by atoms with Crippen molar-refractivity contribution < 1.29 is 23.7 Å². The average molecular weight is 480 g/mol. The summed E-state index contributed by atoms with van der Waals surface area (Å²) in [4.78, 5) is 17.3. The Hall–Kier alpha value is -1.72. The quantitative estimate of drug-likeness (QED) is 0.651. The second-order valence-corrected chi connectivity index (χ2v) is 9.05. The molecule has 0 aliphatic carbocycles. The molecule has 172 valence electrons. The smallest absolute Gasteiger partial charge is 0.271 e. The van der Waals surface area contributed by atoms with Gasteiger partial charge in [-0.15, -0.1) is 0 Å². The molecule has 1 aromatic heterocycles. The van der Waals surface area contributed by atoms with Crippen LogP contribution in [0.4, 0.5) is 0 Å². The molecule has 0 spiro atoms. The van der Waals surface area contributed by atoms with Crippen molar-refractivity contribution in [2.24, 2.45) is 5.73 Å². The number of hydrogen-bond acceptors (Lipinski definition) is 8. The Balaban J connectivity index is 1.53. The summed E-state index contributed by atoms with van der Waals surface area (Å²) in [7, 11) is 1.58. The summed E-state index contributed by atoms with van der Waals surface area (Å²) in [5.41, 5.74) is 7.27. The largest absolute Gasteiger partial charge is 0.376 e. The lowest BCUT2D eigenvalue weighted by Gasteiger charge is -2.48. The molecule has 2 aromatic rings. The zero-order valence-corrected chi connectivity index (χ0v) is 19.3. The Labute approximate surface area is 196 Å². The number of carbonyl (C=O) groups excluding carboxylic acids is 1. The van der Waals surface area contributed by atoms with Crippen LogP contribution in [0.15, 0.2) is 47.5 Å². The molecule has 3 N–H and O–H groups in total. The molecule has 6 unspecified atom stereocenters. The van der Waals surface area contributed by atoms with Crippen LogP contribution in [0.5, 0.6) is 0 Å².